The van der Waals surface area contributed by atoms with Crippen LogP contribution in [0.2, 0.25) is 0 Å². The first kappa shape index (κ1) is 31.2. The van der Waals surface area contributed by atoms with Gasteiger partial charge in [0.25, 0.3) is 0 Å². The maximum atomic E-state index is 5.07. The SMILES string of the molecule is c1ccc(-c2cc(-c3ccccc3)nc(-c3ccc(-n4c5ccccc5c5c6cc(-c7ccc8c(ccc9ccccc98)c7)ccc6ccc54)cc3)n2)cc1. The number of nitrogens with zero attached hydrogens (tertiary/aromatic N) is 3. The number of hydrogen-bond donors (Lipinski definition) is 0. The molecule has 2 aromatic heterocycles. The van der Waals surface area contributed by atoms with Gasteiger partial charge in [0, 0.05) is 33.2 Å². The Morgan fingerprint density at radius 3 is 1.62 bits per heavy atom. The van der Waals surface area contributed by atoms with Gasteiger partial charge in [-0.15, -0.1) is 0 Å². The van der Waals surface area contributed by atoms with Crippen molar-refractivity contribution in [3.63, 3.8) is 0 Å². The van der Waals surface area contributed by atoms with Crippen molar-refractivity contribution in [1.29, 1.82) is 0 Å². The second kappa shape index (κ2) is 12.6. The topological polar surface area (TPSA) is 30.7 Å². The second-order valence-electron chi connectivity index (χ2n) is 14.2. The van der Waals surface area contributed by atoms with Crippen molar-refractivity contribution in [2.45, 2.75) is 0 Å². The van der Waals surface area contributed by atoms with Crippen LogP contribution >= 0.6 is 0 Å². The molecule has 0 saturated heterocycles. The molecule has 3 nitrogen and oxygen atoms in total. The molecule has 0 radical (unpaired) electrons. The molecule has 0 spiro atoms. The number of para-hydroxylation sites is 1. The first-order valence-electron chi connectivity index (χ1n) is 18.7. The largest absolute Gasteiger partial charge is 0.309 e. The minimum atomic E-state index is 0.703. The van der Waals surface area contributed by atoms with Crippen LogP contribution in [0.25, 0.3) is 105 Å². The average molecular weight is 700 g/mol. The van der Waals surface area contributed by atoms with E-state index < -0.39 is 0 Å². The fourth-order valence-electron chi connectivity index (χ4n) is 8.29. The Labute approximate surface area is 318 Å². The van der Waals surface area contributed by atoms with Crippen LogP contribution in [0.3, 0.4) is 0 Å². The third kappa shape index (κ3) is 5.28. The van der Waals surface area contributed by atoms with E-state index in [1.165, 1.54) is 65.3 Å². The molecule has 9 aromatic carbocycles. The van der Waals surface area contributed by atoms with Gasteiger partial charge in [0.05, 0.1) is 22.4 Å². The van der Waals surface area contributed by atoms with Crippen LogP contribution in [0.1, 0.15) is 0 Å². The number of rotatable bonds is 5. The van der Waals surface area contributed by atoms with Gasteiger partial charge in [0.15, 0.2) is 5.82 Å². The molecule has 0 bridgehead atoms. The molecule has 3 heteroatoms. The smallest absolute Gasteiger partial charge is 0.160 e. The highest BCUT2D eigenvalue weighted by atomic mass is 15.0. The Balaban J connectivity index is 1.03. The number of aromatic nitrogens is 3. The van der Waals surface area contributed by atoms with E-state index in [0.717, 1.165) is 33.8 Å². The van der Waals surface area contributed by atoms with E-state index in [9.17, 15) is 0 Å². The highest BCUT2D eigenvalue weighted by molar-refractivity contribution is 6.22. The molecule has 256 valence electrons. The standard InChI is InChI=1S/C52H33N3/c1-3-12-36(13-4-1)47-33-48(37-14-5-2-6-15-37)54-52(53-47)38-23-27-42(28-24-38)55-49-18-10-9-17-45(49)51-46-32-40(21-19-35(46)26-30-50(51)55)39-25-29-44-41(31-39)22-20-34-11-7-8-16-43(34)44/h1-33H. The number of hydrogen-bond acceptors (Lipinski definition) is 2. The minimum Gasteiger partial charge on any atom is -0.309 e. The van der Waals surface area contributed by atoms with Crippen LogP contribution in [-0.4, -0.2) is 14.5 Å². The van der Waals surface area contributed by atoms with Crippen molar-refractivity contribution in [3.05, 3.63) is 200 Å². The third-order valence-electron chi connectivity index (χ3n) is 11.0. The molecule has 55 heavy (non-hydrogen) atoms. The summed E-state index contributed by atoms with van der Waals surface area (Å²) in [6.45, 7) is 0. The van der Waals surface area contributed by atoms with Crippen molar-refractivity contribution >= 4 is 54.1 Å². The Kier molecular flexibility index (Phi) is 7.17. The monoisotopic (exact) mass is 699 g/mol. The molecule has 11 aromatic rings. The van der Waals surface area contributed by atoms with Crippen LogP contribution in [0.15, 0.2) is 200 Å². The second-order valence-corrected chi connectivity index (χ2v) is 14.2. The van der Waals surface area contributed by atoms with Gasteiger partial charge in [-0.25, -0.2) is 9.97 Å². The third-order valence-corrected chi connectivity index (χ3v) is 11.0. The van der Waals surface area contributed by atoms with E-state index in [2.05, 4.69) is 193 Å². The first-order chi connectivity index (χ1) is 27.2. The maximum absolute atomic E-state index is 5.07. The summed E-state index contributed by atoms with van der Waals surface area (Å²) in [5.41, 5.74) is 10.8. The molecule has 0 unspecified atom stereocenters. The first-order valence-corrected chi connectivity index (χ1v) is 18.7. The lowest BCUT2D eigenvalue weighted by Gasteiger charge is -2.12. The summed E-state index contributed by atoms with van der Waals surface area (Å²) >= 11 is 0. The minimum absolute atomic E-state index is 0.703. The highest BCUT2D eigenvalue weighted by Gasteiger charge is 2.17. The molecule has 11 rings (SSSR count). The molecule has 0 atom stereocenters. The summed E-state index contributed by atoms with van der Waals surface area (Å²) in [4.78, 5) is 10.1. The van der Waals surface area contributed by atoms with Crippen LogP contribution < -0.4 is 0 Å². The van der Waals surface area contributed by atoms with E-state index in [1.807, 2.05) is 12.1 Å². The van der Waals surface area contributed by atoms with Crippen molar-refractivity contribution in [2.75, 3.05) is 0 Å². The van der Waals surface area contributed by atoms with Crippen molar-refractivity contribution in [1.82, 2.24) is 14.5 Å². The molecule has 0 fully saturated rings. The predicted molar refractivity (Wildman–Crippen MR) is 231 cm³/mol. The molecule has 0 amide bonds. The maximum Gasteiger partial charge on any atom is 0.160 e. The summed E-state index contributed by atoms with van der Waals surface area (Å²) in [5.74, 6) is 0.703. The van der Waals surface area contributed by atoms with Crippen LogP contribution in [0.4, 0.5) is 0 Å². The van der Waals surface area contributed by atoms with Crippen molar-refractivity contribution < 1.29 is 0 Å². The number of fused-ring (bicyclic) bond motifs is 8. The summed E-state index contributed by atoms with van der Waals surface area (Å²) in [5, 5.41) is 10.1. The fourth-order valence-corrected chi connectivity index (χ4v) is 8.29. The number of benzene rings is 9. The zero-order valence-electron chi connectivity index (χ0n) is 29.9. The Hall–Kier alpha value is -7.36. The molecule has 0 saturated carbocycles. The Morgan fingerprint density at radius 1 is 0.309 bits per heavy atom. The van der Waals surface area contributed by atoms with Gasteiger partial charge in [-0.05, 0) is 98.0 Å². The zero-order valence-corrected chi connectivity index (χ0v) is 29.9. The lowest BCUT2D eigenvalue weighted by atomic mass is 9.95. The highest BCUT2D eigenvalue weighted by Crippen LogP contribution is 2.39. The van der Waals surface area contributed by atoms with E-state index in [0.29, 0.717) is 5.82 Å². The normalized spacial score (nSPS) is 11.6. The van der Waals surface area contributed by atoms with Crippen LogP contribution in [0, 0.1) is 0 Å². The van der Waals surface area contributed by atoms with Gasteiger partial charge >= 0.3 is 0 Å². The zero-order chi connectivity index (χ0) is 36.3. The quantitative estimate of drug-likeness (QED) is 0.167. The van der Waals surface area contributed by atoms with Crippen LogP contribution in [0.5, 0.6) is 0 Å². The molecule has 0 aliphatic rings. The Bertz CT molecular complexity index is 3180. The van der Waals surface area contributed by atoms with E-state index in [4.69, 9.17) is 9.97 Å². The van der Waals surface area contributed by atoms with Gasteiger partial charge in [0.2, 0.25) is 0 Å². The van der Waals surface area contributed by atoms with Gasteiger partial charge < -0.3 is 4.57 Å². The van der Waals surface area contributed by atoms with E-state index in [-0.39, 0.29) is 0 Å². The lowest BCUT2D eigenvalue weighted by Crippen LogP contribution is -1.97. The molecule has 0 aliphatic heterocycles. The van der Waals surface area contributed by atoms with Gasteiger partial charge in [0.1, 0.15) is 0 Å². The molecular formula is C52H33N3. The van der Waals surface area contributed by atoms with Crippen LogP contribution in [-0.2, 0) is 0 Å². The molecule has 2 heterocycles. The summed E-state index contributed by atoms with van der Waals surface area (Å²) < 4.78 is 2.39. The van der Waals surface area contributed by atoms with Gasteiger partial charge in [-0.3, -0.25) is 0 Å². The molecular weight excluding hydrogens is 667 g/mol. The van der Waals surface area contributed by atoms with Gasteiger partial charge in [-0.1, -0.05) is 146 Å². The molecule has 0 N–H and O–H groups in total. The average Bonchev–Trinajstić information content (AvgIpc) is 3.61. The lowest BCUT2D eigenvalue weighted by molar-refractivity contribution is 1.16. The van der Waals surface area contributed by atoms with Gasteiger partial charge in [-0.2, -0.15) is 0 Å². The summed E-state index contributed by atoms with van der Waals surface area (Å²) in [6.07, 6.45) is 0. The van der Waals surface area contributed by atoms with Crippen molar-refractivity contribution in [3.8, 4) is 50.7 Å². The molecule has 0 aliphatic carbocycles. The van der Waals surface area contributed by atoms with E-state index in [1.54, 1.807) is 0 Å². The van der Waals surface area contributed by atoms with E-state index >= 15 is 0 Å². The Morgan fingerprint density at radius 2 is 0.855 bits per heavy atom. The summed E-state index contributed by atoms with van der Waals surface area (Å²) in [7, 11) is 0. The fraction of sp³-hybridized carbons (Fsp3) is 0. The predicted octanol–water partition coefficient (Wildman–Crippen LogP) is 13.7. The van der Waals surface area contributed by atoms with Crippen molar-refractivity contribution in [2.24, 2.45) is 0 Å². The summed E-state index contributed by atoms with van der Waals surface area (Å²) in [6, 6.07) is 71.6.